The van der Waals surface area contributed by atoms with E-state index in [2.05, 4.69) is 17.9 Å². The molecule has 2 aliphatic rings. The zero-order chi connectivity index (χ0) is 16.6. The Kier molecular flexibility index (Phi) is 4.14. The Morgan fingerprint density at radius 2 is 1.96 bits per heavy atom. The summed E-state index contributed by atoms with van der Waals surface area (Å²) in [6, 6.07) is 6.52. The second-order valence-corrected chi connectivity index (χ2v) is 7.50. The van der Waals surface area contributed by atoms with Gasteiger partial charge in [0, 0.05) is 24.0 Å². The summed E-state index contributed by atoms with van der Waals surface area (Å²) in [7, 11) is 0. The van der Waals surface area contributed by atoms with Crippen LogP contribution in [0, 0.1) is 5.82 Å². The number of ether oxygens (including phenoxy) is 1. The zero-order valence-electron chi connectivity index (χ0n) is 13.8. The number of benzene rings is 1. The van der Waals surface area contributed by atoms with E-state index < -0.39 is 0 Å². The number of aromatic nitrogens is 1. The summed E-state index contributed by atoms with van der Waals surface area (Å²) < 4.78 is 19.1. The molecule has 3 heterocycles. The highest BCUT2D eigenvalue weighted by atomic mass is 32.1. The van der Waals surface area contributed by atoms with Crippen molar-refractivity contribution in [3.63, 3.8) is 0 Å². The van der Waals surface area contributed by atoms with Gasteiger partial charge in [-0.25, -0.2) is 9.37 Å². The fourth-order valence-electron chi connectivity index (χ4n) is 3.51. The van der Waals surface area contributed by atoms with E-state index >= 15 is 0 Å². The maximum Gasteiger partial charge on any atom is 0.185 e. The highest BCUT2D eigenvalue weighted by Gasteiger charge is 2.36. The van der Waals surface area contributed by atoms with Gasteiger partial charge >= 0.3 is 0 Å². The van der Waals surface area contributed by atoms with Crippen molar-refractivity contribution in [2.75, 3.05) is 24.6 Å². The minimum Gasteiger partial charge on any atom is -0.370 e. The lowest BCUT2D eigenvalue weighted by Crippen LogP contribution is -2.46. The quantitative estimate of drug-likeness (QED) is 0.741. The van der Waals surface area contributed by atoms with E-state index in [-0.39, 0.29) is 11.4 Å². The third kappa shape index (κ3) is 3.10. The maximum absolute atomic E-state index is 13.1. The fourth-order valence-corrected chi connectivity index (χ4v) is 4.39. The fraction of sp³-hybridized carbons (Fsp3) is 0.421. The summed E-state index contributed by atoms with van der Waals surface area (Å²) in [4.78, 5) is 7.09. The lowest BCUT2D eigenvalue weighted by molar-refractivity contribution is -0.0325. The molecule has 1 aromatic heterocycles. The van der Waals surface area contributed by atoms with E-state index in [1.54, 1.807) is 23.5 Å². The number of anilines is 1. The molecule has 126 valence electrons. The Morgan fingerprint density at radius 1 is 1.21 bits per heavy atom. The first-order chi connectivity index (χ1) is 11.6. The molecule has 1 aromatic carbocycles. The van der Waals surface area contributed by atoms with Crippen LogP contribution in [0.15, 0.2) is 41.3 Å². The molecule has 1 saturated heterocycles. The summed E-state index contributed by atoms with van der Waals surface area (Å²) in [6.07, 6.45) is 5.41. The van der Waals surface area contributed by atoms with E-state index in [4.69, 9.17) is 9.72 Å². The molecule has 1 spiro atoms. The van der Waals surface area contributed by atoms with Crippen molar-refractivity contribution < 1.29 is 9.13 Å². The summed E-state index contributed by atoms with van der Waals surface area (Å²) in [5, 5.41) is 3.09. The molecule has 24 heavy (non-hydrogen) atoms. The van der Waals surface area contributed by atoms with Crippen LogP contribution in [0.25, 0.3) is 11.3 Å². The van der Waals surface area contributed by atoms with Crippen molar-refractivity contribution in [2.24, 2.45) is 0 Å². The van der Waals surface area contributed by atoms with Gasteiger partial charge in [0.1, 0.15) is 5.82 Å². The topological polar surface area (TPSA) is 25.4 Å². The molecule has 0 atom stereocenters. The van der Waals surface area contributed by atoms with Gasteiger partial charge in [-0.3, -0.25) is 0 Å². The molecule has 5 heteroatoms. The number of piperidine rings is 1. The lowest BCUT2D eigenvalue weighted by Gasteiger charge is -2.42. The van der Waals surface area contributed by atoms with Crippen LogP contribution in [0.1, 0.15) is 26.2 Å². The minimum atomic E-state index is -0.216. The van der Waals surface area contributed by atoms with Gasteiger partial charge in [-0.05, 0) is 50.5 Å². The summed E-state index contributed by atoms with van der Waals surface area (Å²) >= 11 is 1.66. The average Bonchev–Trinajstić information content (AvgIpc) is 3.06. The first-order valence-corrected chi connectivity index (χ1v) is 9.30. The largest absolute Gasteiger partial charge is 0.370 e. The van der Waals surface area contributed by atoms with Crippen LogP contribution in [0.2, 0.25) is 0 Å². The molecule has 0 amide bonds. The first-order valence-electron chi connectivity index (χ1n) is 8.42. The van der Waals surface area contributed by atoms with Gasteiger partial charge < -0.3 is 9.64 Å². The van der Waals surface area contributed by atoms with Gasteiger partial charge in [-0.15, -0.1) is 11.3 Å². The Bertz CT molecular complexity index is 745. The van der Waals surface area contributed by atoms with Crippen molar-refractivity contribution in [3.05, 3.63) is 47.1 Å². The van der Waals surface area contributed by atoms with Gasteiger partial charge in [-0.1, -0.05) is 11.6 Å². The smallest absolute Gasteiger partial charge is 0.185 e. The van der Waals surface area contributed by atoms with E-state index in [1.165, 1.54) is 17.7 Å². The van der Waals surface area contributed by atoms with Crippen molar-refractivity contribution >= 4 is 16.5 Å². The van der Waals surface area contributed by atoms with Gasteiger partial charge in [0.25, 0.3) is 0 Å². The number of hydrogen-bond donors (Lipinski definition) is 0. The Hall–Kier alpha value is -1.72. The Balaban J connectivity index is 1.47. The van der Waals surface area contributed by atoms with Crippen molar-refractivity contribution in [2.45, 2.75) is 31.8 Å². The van der Waals surface area contributed by atoms with E-state index in [0.717, 1.165) is 55.3 Å². The standard InChI is InChI=1S/C19H21FN2OS/c1-14-6-11-23-19(12-14)7-9-22(10-8-19)18-21-17(13-24-18)15-2-4-16(20)5-3-15/h2-5,12-13H,6-11H2,1H3. The third-order valence-electron chi connectivity index (χ3n) is 4.91. The SMILES string of the molecule is CC1=CC2(CCN(c3nc(-c4ccc(F)cc4)cs3)CC2)OCC1. The van der Waals surface area contributed by atoms with Crippen LogP contribution in [0.5, 0.6) is 0 Å². The maximum atomic E-state index is 13.1. The lowest BCUT2D eigenvalue weighted by atomic mass is 9.87. The predicted molar refractivity (Wildman–Crippen MR) is 96.0 cm³/mol. The van der Waals surface area contributed by atoms with E-state index in [9.17, 15) is 4.39 Å². The van der Waals surface area contributed by atoms with Crippen LogP contribution < -0.4 is 4.90 Å². The highest BCUT2D eigenvalue weighted by Crippen LogP contribution is 2.36. The average molecular weight is 344 g/mol. The Labute approximate surface area is 145 Å². The number of thiazole rings is 1. The molecule has 2 aliphatic heterocycles. The zero-order valence-corrected chi connectivity index (χ0v) is 14.6. The predicted octanol–water partition coefficient (Wildman–Crippen LogP) is 4.65. The van der Waals surface area contributed by atoms with Crippen molar-refractivity contribution in [1.82, 2.24) is 4.98 Å². The van der Waals surface area contributed by atoms with Crippen LogP contribution >= 0.6 is 11.3 Å². The molecule has 0 N–H and O–H groups in total. The summed E-state index contributed by atoms with van der Waals surface area (Å²) in [5.41, 5.74) is 3.26. The molecule has 0 saturated carbocycles. The van der Waals surface area contributed by atoms with Crippen molar-refractivity contribution in [1.29, 1.82) is 0 Å². The van der Waals surface area contributed by atoms with Crippen LogP contribution in [-0.2, 0) is 4.74 Å². The molecule has 4 rings (SSSR count). The monoisotopic (exact) mass is 344 g/mol. The normalized spacial score (nSPS) is 20.2. The number of halogens is 1. The molecule has 0 radical (unpaired) electrons. The second kappa shape index (κ2) is 6.30. The number of hydrogen-bond acceptors (Lipinski definition) is 4. The van der Waals surface area contributed by atoms with Gasteiger partial charge in [0.05, 0.1) is 17.9 Å². The van der Waals surface area contributed by atoms with Crippen LogP contribution in [0.4, 0.5) is 9.52 Å². The van der Waals surface area contributed by atoms with Crippen LogP contribution in [-0.4, -0.2) is 30.3 Å². The molecule has 1 fully saturated rings. The van der Waals surface area contributed by atoms with Gasteiger partial charge in [-0.2, -0.15) is 0 Å². The minimum absolute atomic E-state index is 0.0596. The summed E-state index contributed by atoms with van der Waals surface area (Å²) in [6.45, 7) is 4.96. The summed E-state index contributed by atoms with van der Waals surface area (Å²) in [5.74, 6) is -0.216. The second-order valence-electron chi connectivity index (χ2n) is 6.66. The van der Waals surface area contributed by atoms with E-state index in [1.807, 2.05) is 5.38 Å². The molecular weight excluding hydrogens is 323 g/mol. The molecule has 3 nitrogen and oxygen atoms in total. The molecule has 0 unspecified atom stereocenters. The number of rotatable bonds is 2. The molecule has 2 aromatic rings. The van der Waals surface area contributed by atoms with E-state index in [0.29, 0.717) is 0 Å². The molecule has 0 aliphatic carbocycles. The van der Waals surface area contributed by atoms with Crippen molar-refractivity contribution in [3.8, 4) is 11.3 Å². The third-order valence-corrected chi connectivity index (χ3v) is 5.81. The van der Waals surface area contributed by atoms with Gasteiger partial charge in [0.15, 0.2) is 5.13 Å². The highest BCUT2D eigenvalue weighted by molar-refractivity contribution is 7.14. The van der Waals surface area contributed by atoms with Gasteiger partial charge in [0.2, 0.25) is 0 Å². The molecular formula is C19H21FN2OS. The van der Waals surface area contributed by atoms with Crippen LogP contribution in [0.3, 0.4) is 0 Å². The molecule has 0 bridgehead atoms. The number of nitrogens with zero attached hydrogens (tertiary/aromatic N) is 2. The first kappa shape index (κ1) is 15.8. The Morgan fingerprint density at radius 3 is 2.67 bits per heavy atom.